The van der Waals surface area contributed by atoms with Crippen LogP contribution in [0.25, 0.3) is 0 Å². The van der Waals surface area contributed by atoms with Crippen molar-refractivity contribution in [1.82, 2.24) is 0 Å². The lowest BCUT2D eigenvalue weighted by Gasteiger charge is -2.04. The molecular formula is C23H47O. The predicted octanol–water partition coefficient (Wildman–Crippen LogP) is 8.63. The number of rotatable bonds is 20. The van der Waals surface area contributed by atoms with E-state index in [1.165, 1.54) is 116 Å². The Hall–Kier alpha value is -0.0400. The highest BCUT2D eigenvalue weighted by atomic mass is 16.3. The highest BCUT2D eigenvalue weighted by Crippen LogP contribution is 2.14. The monoisotopic (exact) mass is 339 g/mol. The van der Waals surface area contributed by atoms with Gasteiger partial charge in [-0.05, 0) is 13.3 Å². The zero-order valence-electron chi connectivity index (χ0n) is 17.1. The maximum atomic E-state index is 10.9. The summed E-state index contributed by atoms with van der Waals surface area (Å²) in [4.78, 5) is 0. The van der Waals surface area contributed by atoms with E-state index in [9.17, 15) is 5.11 Å². The highest BCUT2D eigenvalue weighted by Gasteiger charge is 1.97. The molecule has 0 aromatic heterocycles. The van der Waals surface area contributed by atoms with Gasteiger partial charge >= 0.3 is 0 Å². The first-order valence-corrected chi connectivity index (χ1v) is 11.4. The fourth-order valence-corrected chi connectivity index (χ4v) is 3.51. The van der Waals surface area contributed by atoms with Gasteiger partial charge in [-0.2, -0.15) is 0 Å². The van der Waals surface area contributed by atoms with Crippen LogP contribution in [-0.2, 0) is 5.11 Å². The van der Waals surface area contributed by atoms with Crippen molar-refractivity contribution in [3.05, 3.63) is 0 Å². The summed E-state index contributed by atoms with van der Waals surface area (Å²) in [6.07, 6.45) is 27.3. The molecule has 0 amide bonds. The zero-order valence-corrected chi connectivity index (χ0v) is 17.1. The third kappa shape index (κ3) is 22.0. The van der Waals surface area contributed by atoms with Crippen LogP contribution < -0.4 is 0 Å². The quantitative estimate of drug-likeness (QED) is 0.198. The summed E-state index contributed by atoms with van der Waals surface area (Å²) in [5, 5.41) is 10.9. The molecule has 0 aromatic rings. The van der Waals surface area contributed by atoms with E-state index in [2.05, 4.69) is 6.92 Å². The first kappa shape index (κ1) is 24.0. The van der Waals surface area contributed by atoms with Gasteiger partial charge in [0, 0.05) is 0 Å². The summed E-state index contributed by atoms with van der Waals surface area (Å²) in [6.45, 7) is 4.08. The molecule has 0 saturated heterocycles. The van der Waals surface area contributed by atoms with Crippen LogP contribution in [0.1, 0.15) is 142 Å². The van der Waals surface area contributed by atoms with Crippen molar-refractivity contribution in [1.29, 1.82) is 0 Å². The summed E-state index contributed by atoms with van der Waals surface area (Å²) in [5.41, 5.74) is 0. The van der Waals surface area contributed by atoms with Crippen LogP contribution in [0.2, 0.25) is 0 Å². The molecule has 0 bridgehead atoms. The van der Waals surface area contributed by atoms with Gasteiger partial charge in [-0.3, -0.25) is 0 Å². The van der Waals surface area contributed by atoms with Gasteiger partial charge in [-0.25, -0.2) is 5.11 Å². The number of hydrogen-bond acceptors (Lipinski definition) is 0. The van der Waals surface area contributed by atoms with Gasteiger partial charge in [0.25, 0.3) is 0 Å². The normalized spacial score (nSPS) is 12.6. The van der Waals surface area contributed by atoms with Gasteiger partial charge in [0.2, 0.25) is 0 Å². The molecule has 1 nitrogen and oxygen atoms in total. The smallest absolute Gasteiger partial charge is 0.0902 e. The van der Waals surface area contributed by atoms with Crippen molar-refractivity contribution < 1.29 is 5.11 Å². The van der Waals surface area contributed by atoms with Crippen LogP contribution in [0.15, 0.2) is 0 Å². The minimum Gasteiger partial charge on any atom is -0.233 e. The molecular weight excluding hydrogens is 292 g/mol. The van der Waals surface area contributed by atoms with E-state index in [0.29, 0.717) is 0 Å². The van der Waals surface area contributed by atoms with Crippen LogP contribution >= 0.6 is 0 Å². The van der Waals surface area contributed by atoms with Crippen molar-refractivity contribution in [3.63, 3.8) is 0 Å². The van der Waals surface area contributed by atoms with Gasteiger partial charge in [0.1, 0.15) is 0 Å². The topological polar surface area (TPSA) is 19.9 Å². The van der Waals surface area contributed by atoms with E-state index in [0.717, 1.165) is 12.8 Å². The Balaban J connectivity index is 2.95. The van der Waals surface area contributed by atoms with Crippen molar-refractivity contribution in [2.45, 2.75) is 148 Å². The van der Waals surface area contributed by atoms with Crippen molar-refractivity contribution in [2.24, 2.45) is 0 Å². The van der Waals surface area contributed by atoms with Crippen LogP contribution in [0.5, 0.6) is 0 Å². The molecule has 1 unspecified atom stereocenters. The average molecular weight is 340 g/mol. The summed E-state index contributed by atoms with van der Waals surface area (Å²) in [6, 6.07) is 0. The van der Waals surface area contributed by atoms with E-state index in [-0.39, 0.29) is 6.10 Å². The van der Waals surface area contributed by atoms with Crippen LogP contribution in [0.4, 0.5) is 0 Å². The molecule has 1 radical (unpaired) electrons. The molecule has 0 N–H and O–H groups in total. The summed E-state index contributed by atoms with van der Waals surface area (Å²) < 4.78 is 0. The van der Waals surface area contributed by atoms with E-state index in [1.54, 1.807) is 6.92 Å². The Labute approximate surface area is 154 Å². The molecule has 0 aromatic carbocycles. The fraction of sp³-hybridized carbons (Fsp3) is 1.00. The molecule has 1 atom stereocenters. The Bertz CT molecular complexity index is 212. The lowest BCUT2D eigenvalue weighted by Crippen LogP contribution is -1.95. The van der Waals surface area contributed by atoms with Crippen LogP contribution in [0.3, 0.4) is 0 Å². The molecule has 24 heavy (non-hydrogen) atoms. The van der Waals surface area contributed by atoms with Crippen molar-refractivity contribution >= 4 is 0 Å². The summed E-state index contributed by atoms with van der Waals surface area (Å²) in [5.74, 6) is 0. The van der Waals surface area contributed by atoms with Crippen LogP contribution in [0, 0.1) is 0 Å². The van der Waals surface area contributed by atoms with Crippen LogP contribution in [-0.4, -0.2) is 6.10 Å². The molecule has 0 aliphatic heterocycles. The first-order valence-electron chi connectivity index (χ1n) is 11.4. The van der Waals surface area contributed by atoms with Gasteiger partial charge in [0.05, 0.1) is 6.10 Å². The second-order valence-corrected chi connectivity index (χ2v) is 7.96. The molecule has 0 aliphatic rings. The third-order valence-electron chi connectivity index (χ3n) is 5.21. The van der Waals surface area contributed by atoms with Gasteiger partial charge in [0.15, 0.2) is 0 Å². The molecule has 0 rings (SSSR count). The van der Waals surface area contributed by atoms with Crippen molar-refractivity contribution in [2.75, 3.05) is 0 Å². The minimum absolute atomic E-state index is 0.351. The summed E-state index contributed by atoms with van der Waals surface area (Å²) >= 11 is 0. The zero-order chi connectivity index (χ0) is 17.7. The highest BCUT2D eigenvalue weighted by molar-refractivity contribution is 4.51. The molecule has 0 aliphatic carbocycles. The third-order valence-corrected chi connectivity index (χ3v) is 5.21. The van der Waals surface area contributed by atoms with E-state index in [4.69, 9.17) is 0 Å². The maximum absolute atomic E-state index is 10.9. The molecule has 0 saturated carbocycles. The molecule has 1 heteroatoms. The Morgan fingerprint density at radius 2 is 0.708 bits per heavy atom. The lowest BCUT2D eigenvalue weighted by molar-refractivity contribution is 0.0950. The second kappa shape index (κ2) is 21.0. The van der Waals surface area contributed by atoms with Crippen molar-refractivity contribution in [3.8, 4) is 0 Å². The van der Waals surface area contributed by atoms with E-state index < -0.39 is 0 Å². The Morgan fingerprint density at radius 3 is 0.958 bits per heavy atom. The molecule has 0 heterocycles. The van der Waals surface area contributed by atoms with Gasteiger partial charge in [-0.1, -0.05) is 129 Å². The fourth-order valence-electron chi connectivity index (χ4n) is 3.51. The Morgan fingerprint density at radius 1 is 0.458 bits per heavy atom. The second-order valence-electron chi connectivity index (χ2n) is 7.96. The SMILES string of the molecule is CCCCCCCCCCCCCCCCCCCCCC(C)[O]. The molecule has 0 spiro atoms. The number of unbranched alkanes of at least 4 members (excludes halogenated alkanes) is 18. The molecule has 145 valence electrons. The van der Waals surface area contributed by atoms with Gasteiger partial charge in [-0.15, -0.1) is 0 Å². The predicted molar refractivity (Wildman–Crippen MR) is 108 cm³/mol. The first-order chi connectivity index (χ1) is 11.8. The average Bonchev–Trinajstić information content (AvgIpc) is 2.56. The standard InChI is InChI=1S/C23H47O/c1-3-4-5-6-7-8-9-10-11-12-13-14-15-16-17-18-19-20-21-22-23(2)24/h23H,3-22H2,1-2H3. The van der Waals surface area contributed by atoms with E-state index >= 15 is 0 Å². The lowest BCUT2D eigenvalue weighted by atomic mass is 10.0. The number of hydrogen-bond donors (Lipinski definition) is 0. The molecule has 0 fully saturated rings. The largest absolute Gasteiger partial charge is 0.233 e. The summed E-state index contributed by atoms with van der Waals surface area (Å²) in [7, 11) is 0. The maximum Gasteiger partial charge on any atom is 0.0902 e. The minimum atomic E-state index is -0.351. The Kier molecular flexibility index (Phi) is 21.0. The van der Waals surface area contributed by atoms with E-state index in [1.807, 2.05) is 0 Å². The van der Waals surface area contributed by atoms with Gasteiger partial charge < -0.3 is 0 Å².